The highest BCUT2D eigenvalue weighted by Gasteiger charge is 2.17. The standard InChI is InChI=1S/C17H29N7O.ClH/c1-6-9-18-16-21-12-10-19-15(20-11-17(4,5)25)22-13(12)14(23-16)24(7-2)8-3;/h10,25H,6-9,11H2,1-5H3,(H,18,21,23)(H,19,20,22);1H. The van der Waals surface area contributed by atoms with Crippen LogP contribution in [0.4, 0.5) is 17.7 Å². The Hall–Kier alpha value is -1.93. The molecule has 0 aliphatic carbocycles. The zero-order valence-corrected chi connectivity index (χ0v) is 17.0. The van der Waals surface area contributed by atoms with Gasteiger partial charge in [-0.1, -0.05) is 6.92 Å². The van der Waals surface area contributed by atoms with Crippen LogP contribution in [0.1, 0.15) is 41.0 Å². The van der Waals surface area contributed by atoms with Crippen LogP contribution in [0.25, 0.3) is 11.0 Å². The molecule has 0 aliphatic rings. The van der Waals surface area contributed by atoms with Crippen LogP contribution < -0.4 is 15.5 Å². The Bertz CT molecular complexity index is 701. The molecule has 8 nitrogen and oxygen atoms in total. The predicted octanol–water partition coefficient (Wildman–Crippen LogP) is 2.69. The Balaban J connectivity index is 0.00000338. The first-order chi connectivity index (χ1) is 11.9. The number of anilines is 3. The van der Waals surface area contributed by atoms with E-state index in [1.165, 1.54) is 0 Å². The first-order valence-electron chi connectivity index (χ1n) is 8.87. The minimum absolute atomic E-state index is 0. The van der Waals surface area contributed by atoms with E-state index in [-0.39, 0.29) is 12.4 Å². The lowest BCUT2D eigenvalue weighted by Crippen LogP contribution is -2.30. The van der Waals surface area contributed by atoms with E-state index in [1.807, 2.05) is 0 Å². The molecular formula is C17H30ClN7O. The number of nitrogens with zero attached hydrogens (tertiary/aromatic N) is 5. The largest absolute Gasteiger partial charge is 0.389 e. The van der Waals surface area contributed by atoms with Gasteiger partial charge in [-0.2, -0.15) is 4.98 Å². The molecule has 0 fully saturated rings. The van der Waals surface area contributed by atoms with Gasteiger partial charge in [0.05, 0.1) is 11.8 Å². The summed E-state index contributed by atoms with van der Waals surface area (Å²) in [6.45, 7) is 12.6. The van der Waals surface area contributed by atoms with Gasteiger partial charge >= 0.3 is 0 Å². The molecule has 0 bridgehead atoms. The SMILES string of the molecule is CCCNc1nc(N(CC)CC)c2nc(NCC(C)(C)O)ncc2n1.Cl. The number of hydrogen-bond acceptors (Lipinski definition) is 8. The van der Waals surface area contributed by atoms with Gasteiger partial charge in [0.1, 0.15) is 11.0 Å². The Morgan fingerprint density at radius 1 is 1.04 bits per heavy atom. The zero-order chi connectivity index (χ0) is 18.4. The van der Waals surface area contributed by atoms with Crippen molar-refractivity contribution >= 4 is 41.2 Å². The first-order valence-corrected chi connectivity index (χ1v) is 8.87. The number of aliphatic hydroxyl groups is 1. The van der Waals surface area contributed by atoms with Crippen molar-refractivity contribution in [1.82, 2.24) is 19.9 Å². The van der Waals surface area contributed by atoms with Crippen molar-refractivity contribution in [2.75, 3.05) is 41.7 Å². The molecule has 2 rings (SSSR count). The Kier molecular flexibility index (Phi) is 8.23. The highest BCUT2D eigenvalue weighted by Crippen LogP contribution is 2.24. The van der Waals surface area contributed by atoms with Crippen molar-refractivity contribution in [1.29, 1.82) is 0 Å². The number of fused-ring (bicyclic) bond motifs is 1. The van der Waals surface area contributed by atoms with Crippen molar-refractivity contribution in [2.24, 2.45) is 0 Å². The third-order valence-corrected chi connectivity index (χ3v) is 3.69. The van der Waals surface area contributed by atoms with Crippen LogP contribution in [-0.2, 0) is 0 Å². The Morgan fingerprint density at radius 2 is 1.73 bits per heavy atom. The van der Waals surface area contributed by atoms with Crippen LogP contribution in [0, 0.1) is 0 Å². The van der Waals surface area contributed by atoms with Gasteiger partial charge in [-0.3, -0.25) is 0 Å². The molecule has 0 aliphatic heterocycles. The third kappa shape index (κ3) is 5.81. The van der Waals surface area contributed by atoms with E-state index in [0.29, 0.717) is 29.5 Å². The molecule has 146 valence electrons. The Morgan fingerprint density at radius 3 is 2.31 bits per heavy atom. The third-order valence-electron chi connectivity index (χ3n) is 3.69. The fourth-order valence-corrected chi connectivity index (χ4v) is 2.35. The number of rotatable bonds is 9. The molecule has 0 spiro atoms. The van der Waals surface area contributed by atoms with Gasteiger partial charge in [0.2, 0.25) is 11.9 Å². The second-order valence-electron chi connectivity index (χ2n) is 6.56. The van der Waals surface area contributed by atoms with E-state index >= 15 is 0 Å². The molecule has 2 aromatic heterocycles. The molecular weight excluding hydrogens is 354 g/mol. The maximum Gasteiger partial charge on any atom is 0.225 e. The minimum Gasteiger partial charge on any atom is -0.389 e. The van der Waals surface area contributed by atoms with Crippen molar-refractivity contribution < 1.29 is 5.11 Å². The molecule has 0 unspecified atom stereocenters. The van der Waals surface area contributed by atoms with Gasteiger partial charge in [-0.25, -0.2) is 15.0 Å². The fraction of sp³-hybridized carbons (Fsp3) is 0.647. The zero-order valence-electron chi connectivity index (χ0n) is 16.2. The summed E-state index contributed by atoms with van der Waals surface area (Å²) in [7, 11) is 0. The fourth-order valence-electron chi connectivity index (χ4n) is 2.35. The topological polar surface area (TPSA) is 99.1 Å². The van der Waals surface area contributed by atoms with Crippen molar-refractivity contribution in [2.45, 2.75) is 46.6 Å². The van der Waals surface area contributed by atoms with Crippen LogP contribution >= 0.6 is 12.4 Å². The lowest BCUT2D eigenvalue weighted by molar-refractivity contribution is 0.0943. The molecule has 0 saturated heterocycles. The minimum atomic E-state index is -0.843. The van der Waals surface area contributed by atoms with E-state index in [0.717, 1.165) is 31.9 Å². The lowest BCUT2D eigenvalue weighted by Gasteiger charge is -2.22. The summed E-state index contributed by atoms with van der Waals surface area (Å²) < 4.78 is 0. The molecule has 2 aromatic rings. The van der Waals surface area contributed by atoms with Crippen LogP contribution in [0.5, 0.6) is 0 Å². The highest BCUT2D eigenvalue weighted by molar-refractivity contribution is 5.87. The van der Waals surface area contributed by atoms with E-state index in [1.54, 1.807) is 20.0 Å². The van der Waals surface area contributed by atoms with Gasteiger partial charge in [-0.15, -0.1) is 12.4 Å². The molecule has 0 aromatic carbocycles. The average Bonchev–Trinajstić information content (AvgIpc) is 2.58. The molecule has 2 heterocycles. The molecule has 26 heavy (non-hydrogen) atoms. The van der Waals surface area contributed by atoms with Crippen LogP contribution in [0.2, 0.25) is 0 Å². The van der Waals surface area contributed by atoms with E-state index in [2.05, 4.69) is 56.2 Å². The maximum atomic E-state index is 9.87. The summed E-state index contributed by atoms with van der Waals surface area (Å²) in [5, 5.41) is 16.2. The van der Waals surface area contributed by atoms with Crippen molar-refractivity contribution in [3.63, 3.8) is 0 Å². The summed E-state index contributed by atoms with van der Waals surface area (Å²) in [5.74, 6) is 1.85. The van der Waals surface area contributed by atoms with Gasteiger partial charge < -0.3 is 20.6 Å². The molecule has 0 saturated carbocycles. The molecule has 0 radical (unpaired) electrons. The van der Waals surface area contributed by atoms with Crippen molar-refractivity contribution in [3.05, 3.63) is 6.20 Å². The molecule has 3 N–H and O–H groups in total. The second kappa shape index (κ2) is 9.68. The first kappa shape index (κ1) is 22.1. The van der Waals surface area contributed by atoms with Crippen LogP contribution in [0.3, 0.4) is 0 Å². The van der Waals surface area contributed by atoms with E-state index < -0.39 is 5.60 Å². The average molecular weight is 384 g/mol. The number of hydrogen-bond donors (Lipinski definition) is 3. The van der Waals surface area contributed by atoms with E-state index in [9.17, 15) is 5.11 Å². The van der Waals surface area contributed by atoms with Crippen LogP contribution in [-0.4, -0.2) is 56.8 Å². The number of nitrogens with one attached hydrogen (secondary N) is 2. The second-order valence-corrected chi connectivity index (χ2v) is 6.56. The van der Waals surface area contributed by atoms with Gasteiger partial charge in [0, 0.05) is 26.2 Å². The lowest BCUT2D eigenvalue weighted by atomic mass is 10.1. The summed E-state index contributed by atoms with van der Waals surface area (Å²) >= 11 is 0. The maximum absolute atomic E-state index is 9.87. The van der Waals surface area contributed by atoms with Gasteiger partial charge in [0.15, 0.2) is 5.82 Å². The monoisotopic (exact) mass is 383 g/mol. The summed E-state index contributed by atoms with van der Waals surface area (Å²) in [6.07, 6.45) is 2.69. The molecule has 0 atom stereocenters. The normalized spacial score (nSPS) is 11.2. The Labute approximate surface area is 161 Å². The van der Waals surface area contributed by atoms with Gasteiger partial charge in [0.25, 0.3) is 0 Å². The quantitative estimate of drug-likeness (QED) is 0.607. The highest BCUT2D eigenvalue weighted by atomic mass is 35.5. The molecule has 9 heteroatoms. The summed E-state index contributed by atoms with van der Waals surface area (Å²) in [5.41, 5.74) is 0.563. The summed E-state index contributed by atoms with van der Waals surface area (Å²) in [4.78, 5) is 20.2. The van der Waals surface area contributed by atoms with E-state index in [4.69, 9.17) is 0 Å². The van der Waals surface area contributed by atoms with Crippen LogP contribution in [0.15, 0.2) is 6.20 Å². The number of halogens is 1. The molecule has 0 amide bonds. The number of aromatic nitrogens is 4. The van der Waals surface area contributed by atoms with Crippen molar-refractivity contribution in [3.8, 4) is 0 Å². The smallest absolute Gasteiger partial charge is 0.225 e. The van der Waals surface area contributed by atoms with Gasteiger partial charge in [-0.05, 0) is 34.1 Å². The predicted molar refractivity (Wildman–Crippen MR) is 110 cm³/mol. The summed E-state index contributed by atoms with van der Waals surface area (Å²) in [6, 6.07) is 0.